The number of esters is 1. The van der Waals surface area contributed by atoms with Gasteiger partial charge in [-0.05, 0) is 19.3 Å². The molecule has 150 valence electrons. The van der Waals surface area contributed by atoms with Crippen LogP contribution in [0.15, 0.2) is 0 Å². The van der Waals surface area contributed by atoms with Gasteiger partial charge in [0.15, 0.2) is 5.66 Å². The van der Waals surface area contributed by atoms with E-state index in [1.54, 1.807) is 0 Å². The molecule has 0 saturated heterocycles. The summed E-state index contributed by atoms with van der Waals surface area (Å²) in [5, 5.41) is 1.43. The molecule has 0 amide bonds. The van der Waals surface area contributed by atoms with Crippen LogP contribution in [0.2, 0.25) is 0 Å². The van der Waals surface area contributed by atoms with E-state index in [1.807, 2.05) is 6.92 Å². The van der Waals surface area contributed by atoms with Gasteiger partial charge in [0.25, 0.3) is 0 Å². The number of hydrogen-bond donors (Lipinski definition) is 2. The molecule has 5 nitrogen and oxygen atoms in total. The number of likely N-dealkylation sites (N-methyl/N-ethyl adjacent to an activating group) is 1. The number of nitrogens with zero attached hydrogens (tertiary/aromatic N) is 1. The molecule has 0 saturated carbocycles. The molecule has 0 aromatic carbocycles. The molecule has 1 atom stereocenters. The standard InChI is InChI=1S/C20H43N3O2/c1-4-7-9-11-13-15-17-20(21,23(22)6-3)19(24)25-18-16-14-12-10-8-5-2/h4-18,21-22H2,1-3H3. The lowest BCUT2D eigenvalue weighted by atomic mass is 10.0. The minimum Gasteiger partial charge on any atom is -0.463 e. The average Bonchev–Trinajstić information content (AvgIpc) is 2.62. The van der Waals surface area contributed by atoms with E-state index in [-0.39, 0.29) is 5.97 Å². The van der Waals surface area contributed by atoms with Crippen LogP contribution in [0.4, 0.5) is 0 Å². The van der Waals surface area contributed by atoms with Gasteiger partial charge in [0.05, 0.1) is 6.61 Å². The van der Waals surface area contributed by atoms with Gasteiger partial charge in [0.2, 0.25) is 0 Å². The lowest BCUT2D eigenvalue weighted by Gasteiger charge is -2.35. The van der Waals surface area contributed by atoms with Gasteiger partial charge in [-0.2, -0.15) is 0 Å². The van der Waals surface area contributed by atoms with E-state index in [2.05, 4.69) is 13.8 Å². The third-order valence-corrected chi connectivity index (χ3v) is 4.85. The first kappa shape index (κ1) is 24.4. The second-order valence-electron chi connectivity index (χ2n) is 7.13. The first-order chi connectivity index (χ1) is 12.0. The maximum absolute atomic E-state index is 12.5. The summed E-state index contributed by atoms with van der Waals surface area (Å²) < 4.78 is 5.45. The molecule has 0 spiro atoms. The monoisotopic (exact) mass is 357 g/mol. The fourth-order valence-corrected chi connectivity index (χ4v) is 2.99. The van der Waals surface area contributed by atoms with Crippen LogP contribution in [0.3, 0.4) is 0 Å². The normalized spacial score (nSPS) is 13.8. The number of rotatable bonds is 17. The second kappa shape index (κ2) is 15.6. The minimum atomic E-state index is -1.19. The zero-order valence-corrected chi connectivity index (χ0v) is 17.0. The molecule has 0 rings (SSSR count). The van der Waals surface area contributed by atoms with Crippen molar-refractivity contribution in [3.8, 4) is 0 Å². The largest absolute Gasteiger partial charge is 0.463 e. The van der Waals surface area contributed by atoms with Crippen LogP contribution < -0.4 is 11.6 Å². The summed E-state index contributed by atoms with van der Waals surface area (Å²) in [5.74, 6) is 5.63. The predicted molar refractivity (Wildman–Crippen MR) is 106 cm³/mol. The molecule has 4 N–H and O–H groups in total. The van der Waals surface area contributed by atoms with Gasteiger partial charge in [-0.25, -0.2) is 9.80 Å². The van der Waals surface area contributed by atoms with Crippen molar-refractivity contribution in [1.29, 1.82) is 0 Å². The van der Waals surface area contributed by atoms with Crippen LogP contribution in [0.5, 0.6) is 0 Å². The van der Waals surface area contributed by atoms with Crippen molar-refractivity contribution >= 4 is 5.97 Å². The smallest absolute Gasteiger partial charge is 0.342 e. The molecule has 0 fully saturated rings. The molecule has 25 heavy (non-hydrogen) atoms. The topological polar surface area (TPSA) is 81.6 Å². The molecule has 0 radical (unpaired) electrons. The number of nitrogens with two attached hydrogens (primary N) is 2. The van der Waals surface area contributed by atoms with Gasteiger partial charge < -0.3 is 10.5 Å². The van der Waals surface area contributed by atoms with Crippen LogP contribution in [0.25, 0.3) is 0 Å². The van der Waals surface area contributed by atoms with E-state index in [4.69, 9.17) is 16.3 Å². The number of ether oxygens (including phenoxy) is 1. The SMILES string of the molecule is CCCCCCCCOC(=O)C(N)(CCCCCCCC)N(N)CC. The molecule has 0 bridgehead atoms. The van der Waals surface area contributed by atoms with Crippen LogP contribution in [0.1, 0.15) is 104 Å². The zero-order chi connectivity index (χ0) is 19.0. The summed E-state index contributed by atoms with van der Waals surface area (Å²) in [4.78, 5) is 12.5. The number of hydrazine groups is 1. The molecule has 0 aromatic rings. The van der Waals surface area contributed by atoms with Crippen LogP contribution in [-0.4, -0.2) is 29.8 Å². The van der Waals surface area contributed by atoms with Gasteiger partial charge in [-0.1, -0.05) is 85.0 Å². The third-order valence-electron chi connectivity index (χ3n) is 4.85. The fraction of sp³-hybridized carbons (Fsp3) is 0.950. The lowest BCUT2D eigenvalue weighted by Crippen LogP contribution is -2.64. The van der Waals surface area contributed by atoms with E-state index in [1.165, 1.54) is 56.4 Å². The molecule has 0 aliphatic carbocycles. The van der Waals surface area contributed by atoms with Crippen molar-refractivity contribution in [3.05, 3.63) is 0 Å². The quantitative estimate of drug-likeness (QED) is 0.132. The van der Waals surface area contributed by atoms with Gasteiger partial charge >= 0.3 is 5.97 Å². The van der Waals surface area contributed by atoms with E-state index in [0.717, 1.165) is 25.7 Å². The predicted octanol–water partition coefficient (Wildman–Crippen LogP) is 4.49. The first-order valence-electron chi connectivity index (χ1n) is 10.5. The Bertz CT molecular complexity index is 326. The highest BCUT2D eigenvalue weighted by atomic mass is 16.5. The lowest BCUT2D eigenvalue weighted by molar-refractivity contribution is -0.159. The van der Waals surface area contributed by atoms with Crippen molar-refractivity contribution in [1.82, 2.24) is 5.01 Å². The second-order valence-corrected chi connectivity index (χ2v) is 7.13. The van der Waals surface area contributed by atoms with Crippen molar-refractivity contribution in [2.75, 3.05) is 13.2 Å². The molecule has 0 aromatic heterocycles. The first-order valence-corrected chi connectivity index (χ1v) is 10.5. The fourth-order valence-electron chi connectivity index (χ4n) is 2.99. The van der Waals surface area contributed by atoms with E-state index in [9.17, 15) is 4.79 Å². The molecule has 5 heteroatoms. The minimum absolute atomic E-state index is 0.376. The van der Waals surface area contributed by atoms with Gasteiger partial charge in [-0.3, -0.25) is 5.84 Å². The van der Waals surface area contributed by atoms with Crippen molar-refractivity contribution < 1.29 is 9.53 Å². The summed E-state index contributed by atoms with van der Waals surface area (Å²) >= 11 is 0. The van der Waals surface area contributed by atoms with E-state index in [0.29, 0.717) is 19.6 Å². The maximum atomic E-state index is 12.5. The number of hydrogen-bond acceptors (Lipinski definition) is 5. The highest BCUT2D eigenvalue weighted by Crippen LogP contribution is 2.18. The zero-order valence-electron chi connectivity index (χ0n) is 17.0. The van der Waals surface area contributed by atoms with E-state index >= 15 is 0 Å². The summed E-state index contributed by atoms with van der Waals surface area (Å²) in [6.45, 7) is 7.29. The maximum Gasteiger partial charge on any atom is 0.342 e. The summed E-state index contributed by atoms with van der Waals surface area (Å²) in [7, 11) is 0. The van der Waals surface area contributed by atoms with Gasteiger partial charge in [-0.15, -0.1) is 0 Å². The number of carbonyl (C=O) groups excluding carboxylic acids is 1. The van der Waals surface area contributed by atoms with E-state index < -0.39 is 5.66 Å². The molecule has 0 aliphatic rings. The van der Waals surface area contributed by atoms with Gasteiger partial charge in [0, 0.05) is 6.54 Å². The highest BCUT2D eigenvalue weighted by molar-refractivity contribution is 5.79. The third kappa shape index (κ3) is 10.8. The highest BCUT2D eigenvalue weighted by Gasteiger charge is 2.39. The molecule has 0 heterocycles. The summed E-state index contributed by atoms with van der Waals surface area (Å²) in [6.07, 6.45) is 14.5. The molecule has 0 aliphatic heterocycles. The molecule has 1 unspecified atom stereocenters. The van der Waals surface area contributed by atoms with Crippen molar-refractivity contribution in [2.24, 2.45) is 11.6 Å². The summed E-state index contributed by atoms with van der Waals surface area (Å²) in [5.41, 5.74) is 5.15. The Morgan fingerprint density at radius 1 is 0.840 bits per heavy atom. The van der Waals surface area contributed by atoms with Crippen LogP contribution in [0, 0.1) is 0 Å². The number of unbranched alkanes of at least 4 members (excludes halogenated alkanes) is 10. The molecular weight excluding hydrogens is 314 g/mol. The Hall–Kier alpha value is -0.650. The van der Waals surface area contributed by atoms with Crippen molar-refractivity contribution in [2.45, 2.75) is 110 Å². The Kier molecular flexibility index (Phi) is 15.2. The van der Waals surface area contributed by atoms with Crippen LogP contribution in [-0.2, 0) is 9.53 Å². The Balaban J connectivity index is 4.17. The van der Waals surface area contributed by atoms with Crippen molar-refractivity contribution in [3.63, 3.8) is 0 Å². The Morgan fingerprint density at radius 2 is 1.32 bits per heavy atom. The Morgan fingerprint density at radius 3 is 1.84 bits per heavy atom. The van der Waals surface area contributed by atoms with Gasteiger partial charge in [0.1, 0.15) is 0 Å². The summed E-state index contributed by atoms with van der Waals surface area (Å²) in [6, 6.07) is 0. The average molecular weight is 358 g/mol. The number of carbonyl (C=O) groups is 1. The van der Waals surface area contributed by atoms with Crippen LogP contribution >= 0.6 is 0 Å². The molecular formula is C20H43N3O2. The Labute approximate surface area is 155 Å².